The third-order valence-electron chi connectivity index (χ3n) is 2.48. The van der Waals surface area contributed by atoms with Crippen LogP contribution in [0.3, 0.4) is 0 Å². The maximum absolute atomic E-state index is 10.0. The fourth-order valence-corrected chi connectivity index (χ4v) is 1.67. The van der Waals surface area contributed by atoms with Gasteiger partial charge in [0, 0.05) is 12.6 Å². The Hall–Kier alpha value is -1.94. The normalized spacial score (nSPS) is 12.4. The van der Waals surface area contributed by atoms with Crippen LogP contribution in [0.2, 0.25) is 0 Å². The molecule has 1 aromatic heterocycles. The zero-order valence-electron chi connectivity index (χ0n) is 9.54. The molecule has 2 N–H and O–H groups in total. The minimum Gasteiger partial charge on any atom is -0.508 e. The van der Waals surface area contributed by atoms with Crippen molar-refractivity contribution >= 4 is 0 Å². The Labute approximate surface area is 99.6 Å². The van der Waals surface area contributed by atoms with E-state index in [1.807, 2.05) is 6.07 Å². The average molecular weight is 230 g/mol. The molecule has 1 unspecified atom stereocenters. The quantitative estimate of drug-likeness (QED) is 0.843. The van der Waals surface area contributed by atoms with Crippen LogP contribution in [0, 0.1) is 6.92 Å². The van der Waals surface area contributed by atoms with E-state index in [0.717, 1.165) is 5.56 Å². The summed E-state index contributed by atoms with van der Waals surface area (Å²) in [5.41, 5.74) is 1.47. The summed E-state index contributed by atoms with van der Waals surface area (Å²) in [6.07, 6.45) is 1.37. The molecule has 1 atom stereocenters. The molecule has 0 saturated heterocycles. The number of aliphatic hydroxyl groups is 1. The summed E-state index contributed by atoms with van der Waals surface area (Å²) in [5.74, 6) is 0.839. The van der Waals surface area contributed by atoms with E-state index in [9.17, 15) is 10.2 Å². The predicted molar refractivity (Wildman–Crippen MR) is 63.5 cm³/mol. The van der Waals surface area contributed by atoms with Gasteiger partial charge in [0.15, 0.2) is 0 Å². The summed E-state index contributed by atoms with van der Waals surface area (Å²) in [5, 5.41) is 19.4. The Bertz CT molecular complexity index is 514. The van der Waals surface area contributed by atoms with Crippen LogP contribution in [-0.2, 0) is 6.42 Å². The van der Waals surface area contributed by atoms with Crippen molar-refractivity contribution in [1.82, 2.24) is 9.97 Å². The molecule has 0 amide bonds. The number of nitrogens with zero attached hydrogens (tertiary/aromatic N) is 2. The smallest absolute Gasteiger partial charge is 0.125 e. The van der Waals surface area contributed by atoms with Crippen molar-refractivity contribution in [3.63, 3.8) is 0 Å². The molecular weight excluding hydrogens is 216 g/mol. The van der Waals surface area contributed by atoms with E-state index in [1.165, 1.54) is 0 Å². The van der Waals surface area contributed by atoms with E-state index in [1.54, 1.807) is 37.4 Å². The van der Waals surface area contributed by atoms with Crippen molar-refractivity contribution in [2.45, 2.75) is 19.4 Å². The van der Waals surface area contributed by atoms with E-state index in [4.69, 9.17) is 0 Å². The van der Waals surface area contributed by atoms with Gasteiger partial charge in [0.2, 0.25) is 0 Å². The van der Waals surface area contributed by atoms with Gasteiger partial charge in [-0.05, 0) is 30.7 Å². The summed E-state index contributed by atoms with van der Waals surface area (Å²) in [7, 11) is 0. The Morgan fingerprint density at radius 2 is 2.12 bits per heavy atom. The zero-order chi connectivity index (χ0) is 12.3. The highest BCUT2D eigenvalue weighted by atomic mass is 16.3. The van der Waals surface area contributed by atoms with Crippen LogP contribution in [0.5, 0.6) is 5.75 Å². The fraction of sp³-hybridized carbons (Fsp3) is 0.231. The first-order chi connectivity index (χ1) is 8.15. The molecular formula is C13H14N2O2. The van der Waals surface area contributed by atoms with Gasteiger partial charge in [-0.3, -0.25) is 0 Å². The third-order valence-corrected chi connectivity index (χ3v) is 2.48. The van der Waals surface area contributed by atoms with Crippen molar-refractivity contribution in [2.75, 3.05) is 0 Å². The monoisotopic (exact) mass is 230 g/mol. The Balaban J connectivity index is 2.14. The fourth-order valence-electron chi connectivity index (χ4n) is 1.67. The van der Waals surface area contributed by atoms with Crippen molar-refractivity contribution in [3.05, 3.63) is 53.6 Å². The van der Waals surface area contributed by atoms with E-state index >= 15 is 0 Å². The van der Waals surface area contributed by atoms with Crippen molar-refractivity contribution in [1.29, 1.82) is 0 Å². The number of aliphatic hydroxyl groups excluding tert-OH is 1. The van der Waals surface area contributed by atoms with Crippen LogP contribution in [-0.4, -0.2) is 20.2 Å². The van der Waals surface area contributed by atoms with Crippen molar-refractivity contribution in [3.8, 4) is 5.75 Å². The number of hydrogen-bond acceptors (Lipinski definition) is 4. The summed E-state index contributed by atoms with van der Waals surface area (Å²) in [6, 6.07) is 8.54. The largest absolute Gasteiger partial charge is 0.508 e. The first-order valence-electron chi connectivity index (χ1n) is 5.40. The van der Waals surface area contributed by atoms with Crippen molar-refractivity contribution in [2.24, 2.45) is 0 Å². The van der Waals surface area contributed by atoms with Crippen LogP contribution in [0.25, 0.3) is 0 Å². The van der Waals surface area contributed by atoms with Gasteiger partial charge >= 0.3 is 0 Å². The molecule has 0 aliphatic rings. The molecule has 0 fully saturated rings. The summed E-state index contributed by atoms with van der Waals surface area (Å²) < 4.78 is 0. The molecule has 2 aromatic rings. The topological polar surface area (TPSA) is 66.2 Å². The van der Waals surface area contributed by atoms with Gasteiger partial charge in [0.05, 0.1) is 5.69 Å². The molecule has 0 bridgehead atoms. The number of aryl methyl sites for hydroxylation is 1. The van der Waals surface area contributed by atoms with Crippen LogP contribution in [0.15, 0.2) is 36.5 Å². The second kappa shape index (κ2) is 4.93. The molecule has 0 aliphatic heterocycles. The number of aromatic nitrogens is 2. The van der Waals surface area contributed by atoms with Gasteiger partial charge in [-0.25, -0.2) is 9.97 Å². The number of benzene rings is 1. The number of phenols is 1. The van der Waals surface area contributed by atoms with Gasteiger partial charge in [-0.15, -0.1) is 0 Å². The van der Waals surface area contributed by atoms with Gasteiger partial charge in [-0.1, -0.05) is 12.1 Å². The second-order valence-corrected chi connectivity index (χ2v) is 3.92. The number of hydrogen-bond donors (Lipinski definition) is 2. The van der Waals surface area contributed by atoms with Crippen LogP contribution < -0.4 is 0 Å². The molecule has 1 aromatic carbocycles. The second-order valence-electron chi connectivity index (χ2n) is 3.92. The summed E-state index contributed by atoms with van der Waals surface area (Å²) in [6.45, 7) is 1.78. The predicted octanol–water partition coefficient (Wildman–Crippen LogP) is 1.77. The molecule has 0 radical (unpaired) electrons. The first kappa shape index (κ1) is 11.5. The molecule has 0 saturated carbocycles. The molecule has 17 heavy (non-hydrogen) atoms. The lowest BCUT2D eigenvalue weighted by atomic mass is 10.1. The van der Waals surface area contributed by atoms with Gasteiger partial charge < -0.3 is 10.2 Å². The summed E-state index contributed by atoms with van der Waals surface area (Å²) in [4.78, 5) is 8.15. The van der Waals surface area contributed by atoms with Crippen LogP contribution >= 0.6 is 0 Å². The minimum atomic E-state index is -0.682. The molecule has 0 spiro atoms. The highest BCUT2D eigenvalue weighted by Crippen LogP contribution is 2.19. The first-order valence-corrected chi connectivity index (χ1v) is 5.40. The molecule has 0 aliphatic carbocycles. The minimum absolute atomic E-state index is 0.202. The maximum atomic E-state index is 10.0. The van der Waals surface area contributed by atoms with Gasteiger partial charge in [-0.2, -0.15) is 0 Å². The molecule has 88 valence electrons. The molecule has 4 heteroatoms. The van der Waals surface area contributed by atoms with Gasteiger partial charge in [0.25, 0.3) is 0 Å². The van der Waals surface area contributed by atoms with E-state index in [-0.39, 0.29) is 5.75 Å². The van der Waals surface area contributed by atoms with Crippen LogP contribution in [0.4, 0.5) is 0 Å². The Morgan fingerprint density at radius 3 is 2.82 bits per heavy atom. The Morgan fingerprint density at radius 1 is 1.29 bits per heavy atom. The third kappa shape index (κ3) is 3.01. The Kier molecular flexibility index (Phi) is 3.35. The van der Waals surface area contributed by atoms with E-state index < -0.39 is 6.10 Å². The molecule has 4 nitrogen and oxygen atoms in total. The maximum Gasteiger partial charge on any atom is 0.125 e. The van der Waals surface area contributed by atoms with E-state index in [0.29, 0.717) is 17.9 Å². The van der Waals surface area contributed by atoms with Crippen molar-refractivity contribution < 1.29 is 10.2 Å². The average Bonchev–Trinajstić information content (AvgIpc) is 2.29. The van der Waals surface area contributed by atoms with Crippen LogP contribution in [0.1, 0.15) is 23.2 Å². The lowest BCUT2D eigenvalue weighted by Gasteiger charge is -2.10. The zero-order valence-corrected chi connectivity index (χ0v) is 9.54. The number of aromatic hydroxyl groups is 1. The van der Waals surface area contributed by atoms with Gasteiger partial charge in [0.1, 0.15) is 17.7 Å². The number of phenolic OH excluding ortho intramolecular Hbond substituents is 1. The highest BCUT2D eigenvalue weighted by Gasteiger charge is 2.10. The SMILES string of the molecule is Cc1nccc(C(O)Cc2cccc(O)c2)n1. The lowest BCUT2D eigenvalue weighted by Crippen LogP contribution is -2.05. The standard InChI is InChI=1S/C13H14N2O2/c1-9-14-6-5-12(15-9)13(17)8-10-3-2-4-11(16)7-10/h2-7,13,16-17H,8H2,1H3. The molecule has 1 heterocycles. The lowest BCUT2D eigenvalue weighted by molar-refractivity contribution is 0.173. The van der Waals surface area contributed by atoms with E-state index in [2.05, 4.69) is 9.97 Å². The number of rotatable bonds is 3. The molecule has 2 rings (SSSR count). The highest BCUT2D eigenvalue weighted by molar-refractivity contribution is 5.28. The summed E-state index contributed by atoms with van der Waals surface area (Å²) >= 11 is 0.